The summed E-state index contributed by atoms with van der Waals surface area (Å²) in [6.07, 6.45) is 2.13. The Labute approximate surface area is 194 Å². The molecule has 2 heterocycles. The largest absolute Gasteiger partial charge is 0.341 e. The highest BCUT2D eigenvalue weighted by Gasteiger charge is 2.24. The van der Waals surface area contributed by atoms with Gasteiger partial charge in [0.2, 0.25) is 11.8 Å². The molecule has 0 aliphatic carbocycles. The van der Waals surface area contributed by atoms with Crippen LogP contribution in [0.1, 0.15) is 36.8 Å². The Morgan fingerprint density at radius 1 is 0.844 bits per heavy atom. The fourth-order valence-corrected chi connectivity index (χ4v) is 4.32. The van der Waals surface area contributed by atoms with Crippen molar-refractivity contribution in [1.29, 1.82) is 0 Å². The number of hydrazone groups is 1. The van der Waals surface area contributed by atoms with Gasteiger partial charge in [-0.25, -0.2) is 5.01 Å². The van der Waals surface area contributed by atoms with Crippen LogP contribution < -0.4 is 0 Å². The van der Waals surface area contributed by atoms with Gasteiger partial charge in [0.25, 0.3) is 0 Å². The van der Waals surface area contributed by atoms with Gasteiger partial charge in [0.15, 0.2) is 0 Å². The van der Waals surface area contributed by atoms with Crippen molar-refractivity contribution in [3.05, 3.63) is 70.7 Å². The minimum absolute atomic E-state index is 0.0538. The summed E-state index contributed by atoms with van der Waals surface area (Å²) in [7, 11) is 0. The SMILES string of the molecule is O=C(CCC(=O)N1CCC(c2ccccc2)=N1)N1CCCN(Cc2ccc(Cl)cc2)CC1. The van der Waals surface area contributed by atoms with Gasteiger partial charge in [-0.05, 0) is 29.7 Å². The standard InChI is InChI=1S/C25H29ClN4O2/c26-22-9-7-20(8-10-22)19-28-14-4-15-29(18-17-28)24(31)11-12-25(32)30-16-13-23(27-30)21-5-2-1-3-6-21/h1-3,5-10H,4,11-19H2. The number of hydrogen-bond acceptors (Lipinski definition) is 4. The van der Waals surface area contributed by atoms with Crippen LogP contribution in [-0.4, -0.2) is 65.1 Å². The second-order valence-corrected chi connectivity index (χ2v) is 8.75. The van der Waals surface area contributed by atoms with E-state index in [0.29, 0.717) is 13.1 Å². The van der Waals surface area contributed by atoms with Crippen LogP contribution in [0, 0.1) is 0 Å². The first-order chi connectivity index (χ1) is 15.6. The average molecular weight is 453 g/mol. The number of amides is 2. The number of rotatable bonds is 6. The highest BCUT2D eigenvalue weighted by Crippen LogP contribution is 2.16. The Kier molecular flexibility index (Phi) is 7.55. The maximum absolute atomic E-state index is 12.7. The molecule has 0 unspecified atom stereocenters. The lowest BCUT2D eigenvalue weighted by Crippen LogP contribution is -2.35. The van der Waals surface area contributed by atoms with Gasteiger partial charge >= 0.3 is 0 Å². The molecule has 0 N–H and O–H groups in total. The number of nitrogens with zero attached hydrogens (tertiary/aromatic N) is 4. The second kappa shape index (κ2) is 10.7. The molecule has 2 aliphatic rings. The van der Waals surface area contributed by atoms with Gasteiger partial charge in [-0.1, -0.05) is 54.1 Å². The van der Waals surface area contributed by atoms with Gasteiger partial charge < -0.3 is 4.90 Å². The second-order valence-electron chi connectivity index (χ2n) is 8.32. The molecule has 0 atom stereocenters. The molecule has 2 aromatic carbocycles. The van der Waals surface area contributed by atoms with Gasteiger partial charge in [-0.15, -0.1) is 0 Å². The van der Waals surface area contributed by atoms with E-state index >= 15 is 0 Å². The molecule has 2 amide bonds. The number of hydrogen-bond donors (Lipinski definition) is 0. The molecule has 0 spiro atoms. The molecular formula is C25H29ClN4O2. The maximum atomic E-state index is 12.7. The van der Waals surface area contributed by atoms with Gasteiger partial charge in [0, 0.05) is 57.0 Å². The Hall–Kier alpha value is -2.70. The number of carbonyl (C=O) groups is 2. The summed E-state index contributed by atoms with van der Waals surface area (Å²) in [5.74, 6) is -0.0263. The summed E-state index contributed by atoms with van der Waals surface area (Å²) in [5, 5.41) is 6.74. The fourth-order valence-electron chi connectivity index (χ4n) is 4.20. The van der Waals surface area contributed by atoms with E-state index in [-0.39, 0.29) is 24.7 Å². The zero-order valence-corrected chi connectivity index (χ0v) is 19.0. The predicted octanol–water partition coefficient (Wildman–Crippen LogP) is 3.79. The molecule has 0 saturated carbocycles. The van der Waals surface area contributed by atoms with Crippen molar-refractivity contribution in [2.45, 2.75) is 32.2 Å². The van der Waals surface area contributed by atoms with Crippen molar-refractivity contribution < 1.29 is 9.59 Å². The Balaban J connectivity index is 1.23. The minimum Gasteiger partial charge on any atom is -0.341 e. The molecule has 0 aromatic heterocycles. The van der Waals surface area contributed by atoms with Crippen LogP contribution in [-0.2, 0) is 16.1 Å². The van der Waals surface area contributed by atoms with Crippen LogP contribution in [0.2, 0.25) is 5.02 Å². The quantitative estimate of drug-likeness (QED) is 0.670. The molecule has 4 rings (SSSR count). The van der Waals surface area contributed by atoms with Crippen molar-refractivity contribution in [2.75, 3.05) is 32.7 Å². The monoisotopic (exact) mass is 452 g/mol. The highest BCUT2D eigenvalue weighted by atomic mass is 35.5. The number of carbonyl (C=O) groups excluding carboxylic acids is 2. The van der Waals surface area contributed by atoms with Crippen molar-refractivity contribution in [3.63, 3.8) is 0 Å². The van der Waals surface area contributed by atoms with Crippen LogP contribution in [0.25, 0.3) is 0 Å². The molecule has 1 saturated heterocycles. The Bertz CT molecular complexity index is 962. The first kappa shape index (κ1) is 22.5. The van der Waals surface area contributed by atoms with Crippen LogP contribution in [0.5, 0.6) is 0 Å². The lowest BCUT2D eigenvalue weighted by atomic mass is 10.1. The van der Waals surface area contributed by atoms with Crippen LogP contribution in [0.3, 0.4) is 0 Å². The molecule has 0 bridgehead atoms. The Morgan fingerprint density at radius 2 is 1.59 bits per heavy atom. The van der Waals surface area contributed by atoms with E-state index in [0.717, 1.165) is 55.3 Å². The summed E-state index contributed by atoms with van der Waals surface area (Å²) in [6, 6.07) is 17.8. The molecule has 32 heavy (non-hydrogen) atoms. The summed E-state index contributed by atoms with van der Waals surface area (Å²) < 4.78 is 0. The molecule has 0 radical (unpaired) electrons. The normalized spacial score (nSPS) is 17.2. The van der Waals surface area contributed by atoms with Crippen LogP contribution >= 0.6 is 11.6 Å². The average Bonchev–Trinajstić information content (AvgIpc) is 3.20. The molecule has 7 heteroatoms. The van der Waals surface area contributed by atoms with Gasteiger partial charge in [0.1, 0.15) is 0 Å². The first-order valence-corrected chi connectivity index (χ1v) is 11.6. The summed E-state index contributed by atoms with van der Waals surface area (Å²) in [6.45, 7) is 4.66. The third kappa shape index (κ3) is 5.96. The molecule has 6 nitrogen and oxygen atoms in total. The van der Waals surface area contributed by atoms with Crippen molar-refractivity contribution in [1.82, 2.24) is 14.8 Å². The third-order valence-corrected chi connectivity index (χ3v) is 6.26. The van der Waals surface area contributed by atoms with Gasteiger partial charge in [-0.2, -0.15) is 5.10 Å². The summed E-state index contributed by atoms with van der Waals surface area (Å²) >= 11 is 5.97. The smallest absolute Gasteiger partial charge is 0.243 e. The molecule has 168 valence electrons. The highest BCUT2D eigenvalue weighted by molar-refractivity contribution is 6.30. The topological polar surface area (TPSA) is 56.2 Å². The zero-order chi connectivity index (χ0) is 22.3. The third-order valence-electron chi connectivity index (χ3n) is 6.01. The van der Waals surface area contributed by atoms with E-state index in [4.69, 9.17) is 11.6 Å². The van der Waals surface area contributed by atoms with Crippen molar-refractivity contribution in [3.8, 4) is 0 Å². The van der Waals surface area contributed by atoms with Crippen LogP contribution in [0.4, 0.5) is 0 Å². The van der Waals surface area contributed by atoms with E-state index in [1.54, 1.807) is 0 Å². The van der Waals surface area contributed by atoms with Crippen molar-refractivity contribution in [2.24, 2.45) is 5.10 Å². The fraction of sp³-hybridized carbons (Fsp3) is 0.400. The van der Waals surface area contributed by atoms with E-state index < -0.39 is 0 Å². The lowest BCUT2D eigenvalue weighted by Gasteiger charge is -2.22. The van der Waals surface area contributed by atoms with Gasteiger partial charge in [-0.3, -0.25) is 14.5 Å². The van der Waals surface area contributed by atoms with Gasteiger partial charge in [0.05, 0.1) is 12.3 Å². The molecular weight excluding hydrogens is 424 g/mol. The van der Waals surface area contributed by atoms with E-state index in [1.807, 2.05) is 59.5 Å². The summed E-state index contributed by atoms with van der Waals surface area (Å²) in [4.78, 5) is 29.6. The summed E-state index contributed by atoms with van der Waals surface area (Å²) in [5.41, 5.74) is 3.20. The van der Waals surface area contributed by atoms with Crippen molar-refractivity contribution >= 4 is 29.1 Å². The predicted molar refractivity (Wildman–Crippen MR) is 126 cm³/mol. The maximum Gasteiger partial charge on any atom is 0.243 e. The Morgan fingerprint density at radius 3 is 2.38 bits per heavy atom. The zero-order valence-electron chi connectivity index (χ0n) is 18.3. The van der Waals surface area contributed by atoms with Crippen LogP contribution in [0.15, 0.2) is 59.7 Å². The molecule has 2 aliphatic heterocycles. The van der Waals surface area contributed by atoms with E-state index in [1.165, 1.54) is 10.6 Å². The number of halogens is 1. The minimum atomic E-state index is -0.0801. The molecule has 1 fully saturated rings. The lowest BCUT2D eigenvalue weighted by molar-refractivity contribution is -0.136. The number of benzene rings is 2. The van der Waals surface area contributed by atoms with E-state index in [2.05, 4.69) is 10.0 Å². The van der Waals surface area contributed by atoms with E-state index in [9.17, 15) is 9.59 Å². The molecule has 2 aromatic rings. The first-order valence-electron chi connectivity index (χ1n) is 11.3.